The van der Waals surface area contributed by atoms with Gasteiger partial charge in [-0.1, -0.05) is 36.8 Å². The number of nitrogens with zero attached hydrogens (tertiary/aromatic N) is 1. The number of anilines is 1. The van der Waals surface area contributed by atoms with Crippen molar-refractivity contribution in [3.8, 4) is 6.07 Å². The van der Waals surface area contributed by atoms with E-state index in [1.54, 1.807) is 17.4 Å². The Balaban J connectivity index is 1.76. The fourth-order valence-electron chi connectivity index (χ4n) is 2.84. The first-order valence-corrected chi connectivity index (χ1v) is 8.68. The molecule has 0 unspecified atom stereocenters. The molecule has 1 heterocycles. The van der Waals surface area contributed by atoms with Gasteiger partial charge in [-0.2, -0.15) is 5.26 Å². The fraction of sp³-hybridized carbons (Fsp3) is 0.263. The molecule has 1 aliphatic carbocycles. The molecule has 1 aromatic carbocycles. The topological polar surface area (TPSA) is 52.9 Å². The second-order valence-electron chi connectivity index (χ2n) is 5.61. The van der Waals surface area contributed by atoms with E-state index in [-0.39, 0.29) is 5.91 Å². The van der Waals surface area contributed by atoms with Gasteiger partial charge in [0.05, 0.1) is 5.56 Å². The standard InChI is InChI=1S/C19H18N2OS/c20-13-16-15-9-5-2-6-10-17(15)23-19(16)21-18(22)12-11-14-7-3-1-4-8-14/h1,3-4,7-8,11-12H,2,5-6,9-10H2,(H,21,22). The molecule has 3 nitrogen and oxygen atoms in total. The largest absolute Gasteiger partial charge is 0.313 e. The van der Waals surface area contributed by atoms with Gasteiger partial charge in [-0.05, 0) is 42.9 Å². The van der Waals surface area contributed by atoms with Crippen LogP contribution in [0.2, 0.25) is 0 Å². The van der Waals surface area contributed by atoms with Crippen LogP contribution in [0.25, 0.3) is 6.08 Å². The molecule has 4 heteroatoms. The van der Waals surface area contributed by atoms with Crippen LogP contribution in [0.3, 0.4) is 0 Å². The summed E-state index contributed by atoms with van der Waals surface area (Å²) in [6, 6.07) is 12.0. The van der Waals surface area contributed by atoms with Gasteiger partial charge in [0.2, 0.25) is 5.91 Å². The lowest BCUT2D eigenvalue weighted by molar-refractivity contribution is -0.111. The first-order valence-electron chi connectivity index (χ1n) is 7.86. The summed E-state index contributed by atoms with van der Waals surface area (Å²) in [6.45, 7) is 0. The van der Waals surface area contributed by atoms with Crippen LogP contribution in [0.1, 0.15) is 40.8 Å². The van der Waals surface area contributed by atoms with Gasteiger partial charge in [-0.15, -0.1) is 11.3 Å². The Bertz CT molecular complexity index is 769. The molecule has 23 heavy (non-hydrogen) atoms. The summed E-state index contributed by atoms with van der Waals surface area (Å²) >= 11 is 1.56. The van der Waals surface area contributed by atoms with E-state index in [9.17, 15) is 10.1 Å². The Labute approximate surface area is 140 Å². The molecule has 0 bridgehead atoms. The minimum absolute atomic E-state index is 0.193. The molecule has 0 radical (unpaired) electrons. The molecule has 0 saturated carbocycles. The number of rotatable bonds is 3. The quantitative estimate of drug-likeness (QED) is 0.666. The van der Waals surface area contributed by atoms with Crippen LogP contribution < -0.4 is 5.32 Å². The van der Waals surface area contributed by atoms with Crippen LogP contribution in [-0.4, -0.2) is 5.91 Å². The predicted octanol–water partition coefficient (Wildman–Crippen LogP) is 4.54. The number of thiophene rings is 1. The molecule has 1 amide bonds. The van der Waals surface area contributed by atoms with Gasteiger partial charge in [0.1, 0.15) is 11.1 Å². The molecule has 1 aliphatic rings. The lowest BCUT2D eigenvalue weighted by atomic mass is 10.1. The molecule has 0 fully saturated rings. The minimum Gasteiger partial charge on any atom is -0.313 e. The Morgan fingerprint density at radius 1 is 1.17 bits per heavy atom. The van der Waals surface area contributed by atoms with E-state index in [0.29, 0.717) is 10.6 Å². The van der Waals surface area contributed by atoms with Crippen molar-refractivity contribution in [2.24, 2.45) is 0 Å². The minimum atomic E-state index is -0.193. The van der Waals surface area contributed by atoms with Gasteiger partial charge in [-0.3, -0.25) is 4.79 Å². The smallest absolute Gasteiger partial charge is 0.249 e. The maximum atomic E-state index is 12.1. The van der Waals surface area contributed by atoms with E-state index < -0.39 is 0 Å². The van der Waals surface area contributed by atoms with E-state index in [0.717, 1.165) is 30.4 Å². The van der Waals surface area contributed by atoms with Crippen molar-refractivity contribution < 1.29 is 4.79 Å². The van der Waals surface area contributed by atoms with E-state index in [1.807, 2.05) is 30.3 Å². The third kappa shape index (κ3) is 3.69. The highest BCUT2D eigenvalue weighted by Gasteiger charge is 2.20. The summed E-state index contributed by atoms with van der Waals surface area (Å²) in [7, 11) is 0. The molecule has 1 aromatic heterocycles. The zero-order valence-corrected chi connectivity index (χ0v) is 13.7. The zero-order valence-electron chi connectivity index (χ0n) is 12.8. The molecule has 2 aromatic rings. The molecular weight excluding hydrogens is 304 g/mol. The SMILES string of the molecule is N#Cc1c(NC(=O)C=Cc2ccccc2)sc2c1CCCCC2. The number of nitrogens with one attached hydrogen (secondary N) is 1. The Morgan fingerprint density at radius 3 is 2.74 bits per heavy atom. The number of nitriles is 1. The first-order chi connectivity index (χ1) is 11.3. The number of fused-ring (bicyclic) bond motifs is 1. The second kappa shape index (κ2) is 7.26. The summed E-state index contributed by atoms with van der Waals surface area (Å²) in [4.78, 5) is 13.4. The fourth-order valence-corrected chi connectivity index (χ4v) is 4.08. The third-order valence-electron chi connectivity index (χ3n) is 4.00. The number of carbonyl (C=O) groups is 1. The van der Waals surface area contributed by atoms with Crippen molar-refractivity contribution >= 4 is 28.3 Å². The van der Waals surface area contributed by atoms with E-state index in [2.05, 4.69) is 11.4 Å². The molecular formula is C19H18N2OS. The maximum Gasteiger partial charge on any atom is 0.249 e. The molecule has 0 spiro atoms. The average molecular weight is 322 g/mol. The van der Waals surface area contributed by atoms with Gasteiger partial charge in [-0.25, -0.2) is 0 Å². The maximum absolute atomic E-state index is 12.1. The van der Waals surface area contributed by atoms with E-state index >= 15 is 0 Å². The van der Waals surface area contributed by atoms with Crippen LogP contribution >= 0.6 is 11.3 Å². The second-order valence-corrected chi connectivity index (χ2v) is 6.72. The van der Waals surface area contributed by atoms with Crippen LogP contribution in [0.4, 0.5) is 5.00 Å². The molecule has 0 aliphatic heterocycles. The van der Waals surface area contributed by atoms with Crippen molar-refractivity contribution in [3.63, 3.8) is 0 Å². The molecule has 116 valence electrons. The predicted molar refractivity (Wildman–Crippen MR) is 94.4 cm³/mol. The van der Waals surface area contributed by atoms with E-state index in [1.165, 1.54) is 23.8 Å². The van der Waals surface area contributed by atoms with Crippen LogP contribution in [-0.2, 0) is 17.6 Å². The van der Waals surface area contributed by atoms with Gasteiger partial charge >= 0.3 is 0 Å². The summed E-state index contributed by atoms with van der Waals surface area (Å²) in [5.74, 6) is -0.193. The third-order valence-corrected chi connectivity index (χ3v) is 5.20. The summed E-state index contributed by atoms with van der Waals surface area (Å²) < 4.78 is 0. The molecule has 3 rings (SSSR count). The first kappa shape index (κ1) is 15.5. The average Bonchev–Trinajstić information content (AvgIpc) is 2.74. The van der Waals surface area contributed by atoms with Crippen molar-refractivity contribution in [3.05, 3.63) is 58.0 Å². The molecule has 0 saturated heterocycles. The Hall–Kier alpha value is -2.38. The number of aryl methyl sites for hydroxylation is 1. The summed E-state index contributed by atoms with van der Waals surface area (Å²) in [6.07, 6.45) is 8.77. The highest BCUT2D eigenvalue weighted by molar-refractivity contribution is 7.16. The highest BCUT2D eigenvalue weighted by Crippen LogP contribution is 2.36. The normalized spacial score (nSPS) is 14.0. The number of amides is 1. The van der Waals surface area contributed by atoms with Gasteiger partial charge < -0.3 is 5.32 Å². The zero-order chi connectivity index (χ0) is 16.1. The summed E-state index contributed by atoms with van der Waals surface area (Å²) in [5.41, 5.74) is 2.79. The van der Waals surface area contributed by atoms with Gasteiger partial charge in [0, 0.05) is 11.0 Å². The van der Waals surface area contributed by atoms with E-state index in [4.69, 9.17) is 0 Å². The number of hydrogen-bond acceptors (Lipinski definition) is 3. The van der Waals surface area contributed by atoms with Crippen molar-refractivity contribution in [1.29, 1.82) is 5.26 Å². The van der Waals surface area contributed by atoms with Crippen molar-refractivity contribution in [1.82, 2.24) is 0 Å². The lowest BCUT2D eigenvalue weighted by Crippen LogP contribution is -2.07. The van der Waals surface area contributed by atoms with Crippen LogP contribution in [0, 0.1) is 11.3 Å². The Morgan fingerprint density at radius 2 is 1.96 bits per heavy atom. The number of hydrogen-bond donors (Lipinski definition) is 1. The number of benzene rings is 1. The van der Waals surface area contributed by atoms with Crippen LogP contribution in [0.5, 0.6) is 0 Å². The monoisotopic (exact) mass is 322 g/mol. The van der Waals surface area contributed by atoms with Crippen LogP contribution in [0.15, 0.2) is 36.4 Å². The number of carbonyl (C=O) groups excluding carboxylic acids is 1. The highest BCUT2D eigenvalue weighted by atomic mass is 32.1. The van der Waals surface area contributed by atoms with Gasteiger partial charge in [0.15, 0.2) is 0 Å². The molecule has 0 atom stereocenters. The summed E-state index contributed by atoms with van der Waals surface area (Å²) in [5, 5.41) is 13.0. The van der Waals surface area contributed by atoms with Crippen molar-refractivity contribution in [2.75, 3.05) is 5.32 Å². The molecule has 1 N–H and O–H groups in total. The lowest BCUT2D eigenvalue weighted by Gasteiger charge is -2.01. The Kier molecular flexibility index (Phi) is 4.89. The van der Waals surface area contributed by atoms with Gasteiger partial charge in [0.25, 0.3) is 0 Å². The van der Waals surface area contributed by atoms with Crippen molar-refractivity contribution in [2.45, 2.75) is 32.1 Å².